The summed E-state index contributed by atoms with van der Waals surface area (Å²) in [5, 5.41) is 11.4. The summed E-state index contributed by atoms with van der Waals surface area (Å²) in [6.07, 6.45) is 5.00. The van der Waals surface area contributed by atoms with E-state index in [1.54, 1.807) is 35.0 Å². The van der Waals surface area contributed by atoms with E-state index in [0.29, 0.717) is 37.7 Å². The fourth-order valence-electron chi connectivity index (χ4n) is 3.08. The lowest BCUT2D eigenvalue weighted by molar-refractivity contribution is 0.0684. The molecule has 0 unspecified atom stereocenters. The van der Waals surface area contributed by atoms with Crippen molar-refractivity contribution in [3.05, 3.63) is 68.7 Å². The number of carboxylic acid groups (broad SMARTS) is 1. The van der Waals surface area contributed by atoms with Crippen molar-refractivity contribution < 1.29 is 9.90 Å². The Kier molecular flexibility index (Phi) is 4.84. The van der Waals surface area contributed by atoms with E-state index >= 15 is 0 Å². The Bertz CT molecular complexity index is 1040. The van der Waals surface area contributed by atoms with Crippen molar-refractivity contribution in [1.82, 2.24) is 14.5 Å². The van der Waals surface area contributed by atoms with Crippen molar-refractivity contribution >= 4 is 40.8 Å². The van der Waals surface area contributed by atoms with Gasteiger partial charge in [-0.05, 0) is 42.7 Å². The van der Waals surface area contributed by atoms with E-state index in [0.717, 1.165) is 12.8 Å². The molecular weight excluding hydrogens is 409 g/mol. The molecule has 0 spiro atoms. The molecule has 0 saturated heterocycles. The molecule has 0 bridgehead atoms. The molecule has 0 atom stereocenters. The third-order valence-electron chi connectivity index (χ3n) is 4.46. The van der Waals surface area contributed by atoms with E-state index < -0.39 is 5.97 Å². The van der Waals surface area contributed by atoms with E-state index in [1.807, 2.05) is 0 Å². The van der Waals surface area contributed by atoms with E-state index in [1.165, 1.54) is 6.20 Å². The van der Waals surface area contributed by atoms with Gasteiger partial charge in [-0.3, -0.25) is 4.98 Å². The fraction of sp³-hybridized carbons (Fsp3) is 0.211. The maximum absolute atomic E-state index is 12.1. The number of aromatic carboxylic acids is 1. The quantitative estimate of drug-likeness (QED) is 0.587. The first-order chi connectivity index (χ1) is 12.9. The number of hydrogen-bond donors (Lipinski definition) is 1. The normalized spacial score (nSPS) is 13.7. The minimum absolute atomic E-state index is 0.165. The van der Waals surface area contributed by atoms with Crippen LogP contribution in [-0.2, 0) is 6.54 Å². The van der Waals surface area contributed by atoms with Crippen LogP contribution in [0.2, 0.25) is 15.1 Å². The lowest BCUT2D eigenvalue weighted by Crippen LogP contribution is -2.12. The van der Waals surface area contributed by atoms with Gasteiger partial charge in [0.1, 0.15) is 5.82 Å². The predicted molar refractivity (Wildman–Crippen MR) is 105 cm³/mol. The molecule has 27 heavy (non-hydrogen) atoms. The Hall–Kier alpha value is -2.08. The molecule has 138 valence electrons. The zero-order valence-corrected chi connectivity index (χ0v) is 16.3. The topological polar surface area (TPSA) is 68.0 Å². The van der Waals surface area contributed by atoms with Crippen molar-refractivity contribution in [1.29, 1.82) is 0 Å². The van der Waals surface area contributed by atoms with Crippen LogP contribution in [0.3, 0.4) is 0 Å². The molecule has 1 aliphatic carbocycles. The summed E-state index contributed by atoms with van der Waals surface area (Å²) in [6.45, 7) is 0.225. The molecule has 2 heterocycles. The molecule has 4 rings (SSSR count). The van der Waals surface area contributed by atoms with Gasteiger partial charge in [-0.1, -0.05) is 34.8 Å². The molecule has 1 saturated carbocycles. The number of hydrogen-bond acceptors (Lipinski definition) is 3. The van der Waals surface area contributed by atoms with Crippen LogP contribution >= 0.6 is 34.8 Å². The van der Waals surface area contributed by atoms with Crippen LogP contribution in [-0.4, -0.2) is 25.6 Å². The molecule has 3 aromatic rings. The van der Waals surface area contributed by atoms with Crippen molar-refractivity contribution in [2.45, 2.75) is 25.3 Å². The standard InChI is InChI=1S/C19H14Cl3N3O2/c20-13-3-4-15(22)12(6-13)9-25-17(19(26)27)16(10-1-2-10)24-18(25)11-5-14(21)8-23-7-11/h3-8,10H,1-2,9H2,(H,26,27). The van der Waals surface area contributed by atoms with Crippen molar-refractivity contribution in [2.75, 3.05) is 0 Å². The number of carboxylic acids is 1. The van der Waals surface area contributed by atoms with Crippen LogP contribution in [0.15, 0.2) is 36.7 Å². The number of carbonyl (C=O) groups is 1. The van der Waals surface area contributed by atoms with Gasteiger partial charge in [-0.15, -0.1) is 0 Å². The zero-order chi connectivity index (χ0) is 19.1. The number of imidazole rings is 1. The Balaban J connectivity index is 1.91. The highest BCUT2D eigenvalue weighted by Gasteiger charge is 2.34. The molecule has 5 nitrogen and oxygen atoms in total. The average Bonchev–Trinajstić information content (AvgIpc) is 3.39. The van der Waals surface area contributed by atoms with Crippen LogP contribution in [0.1, 0.15) is 40.5 Å². The van der Waals surface area contributed by atoms with Gasteiger partial charge in [-0.25, -0.2) is 9.78 Å². The molecular formula is C19H14Cl3N3O2. The summed E-state index contributed by atoms with van der Waals surface area (Å²) >= 11 is 18.5. The van der Waals surface area contributed by atoms with Gasteiger partial charge < -0.3 is 9.67 Å². The van der Waals surface area contributed by atoms with Gasteiger partial charge in [0.15, 0.2) is 5.69 Å². The summed E-state index contributed by atoms with van der Waals surface area (Å²) in [5.41, 5.74) is 2.12. The molecule has 8 heteroatoms. The van der Waals surface area contributed by atoms with Crippen LogP contribution in [0.25, 0.3) is 11.4 Å². The lowest BCUT2D eigenvalue weighted by atomic mass is 10.2. The van der Waals surface area contributed by atoms with E-state index in [-0.39, 0.29) is 18.2 Å². The highest BCUT2D eigenvalue weighted by atomic mass is 35.5. The third-order valence-corrected chi connectivity index (χ3v) is 5.27. The highest BCUT2D eigenvalue weighted by Crippen LogP contribution is 2.43. The Labute approximate surface area is 170 Å². The molecule has 1 aliphatic rings. The first-order valence-electron chi connectivity index (χ1n) is 8.32. The van der Waals surface area contributed by atoms with Crippen LogP contribution < -0.4 is 0 Å². The first-order valence-corrected chi connectivity index (χ1v) is 9.46. The number of rotatable bonds is 5. The van der Waals surface area contributed by atoms with E-state index in [4.69, 9.17) is 34.8 Å². The van der Waals surface area contributed by atoms with Gasteiger partial charge in [0.2, 0.25) is 0 Å². The Morgan fingerprint density at radius 1 is 1.15 bits per heavy atom. The SMILES string of the molecule is O=C(O)c1c(C2CC2)nc(-c2cncc(Cl)c2)n1Cc1cc(Cl)ccc1Cl. The second-order valence-electron chi connectivity index (χ2n) is 6.46. The fourth-order valence-corrected chi connectivity index (χ4v) is 3.63. The largest absolute Gasteiger partial charge is 0.477 e. The third kappa shape index (κ3) is 3.68. The molecule has 1 fully saturated rings. The van der Waals surface area contributed by atoms with Gasteiger partial charge in [-0.2, -0.15) is 0 Å². The summed E-state index contributed by atoms with van der Waals surface area (Å²) in [6, 6.07) is 6.83. The molecule has 0 radical (unpaired) electrons. The second-order valence-corrected chi connectivity index (χ2v) is 7.74. The summed E-state index contributed by atoms with van der Waals surface area (Å²) in [5.74, 6) is -0.359. The number of nitrogens with zero attached hydrogens (tertiary/aromatic N) is 3. The maximum atomic E-state index is 12.1. The predicted octanol–water partition coefficient (Wildman–Crippen LogP) is 5.53. The number of pyridine rings is 1. The molecule has 1 aromatic carbocycles. The van der Waals surface area contributed by atoms with Gasteiger partial charge in [0, 0.05) is 33.9 Å². The van der Waals surface area contributed by atoms with E-state index in [2.05, 4.69) is 9.97 Å². The zero-order valence-electron chi connectivity index (χ0n) is 14.0. The van der Waals surface area contributed by atoms with Crippen LogP contribution in [0.4, 0.5) is 0 Å². The minimum atomic E-state index is -1.02. The highest BCUT2D eigenvalue weighted by molar-refractivity contribution is 6.33. The Morgan fingerprint density at radius 3 is 2.59 bits per heavy atom. The first kappa shape index (κ1) is 18.3. The van der Waals surface area contributed by atoms with Gasteiger partial charge >= 0.3 is 5.97 Å². The van der Waals surface area contributed by atoms with Crippen molar-refractivity contribution in [3.63, 3.8) is 0 Å². The maximum Gasteiger partial charge on any atom is 0.354 e. The summed E-state index contributed by atoms with van der Waals surface area (Å²) in [7, 11) is 0. The number of benzene rings is 1. The minimum Gasteiger partial charge on any atom is -0.477 e. The Morgan fingerprint density at radius 2 is 1.93 bits per heavy atom. The van der Waals surface area contributed by atoms with Crippen LogP contribution in [0, 0.1) is 0 Å². The summed E-state index contributed by atoms with van der Waals surface area (Å²) in [4.78, 5) is 20.8. The monoisotopic (exact) mass is 421 g/mol. The summed E-state index contributed by atoms with van der Waals surface area (Å²) < 4.78 is 1.65. The van der Waals surface area contributed by atoms with Gasteiger partial charge in [0.05, 0.1) is 17.3 Å². The molecule has 1 N–H and O–H groups in total. The van der Waals surface area contributed by atoms with E-state index in [9.17, 15) is 9.90 Å². The smallest absolute Gasteiger partial charge is 0.354 e. The molecule has 0 aliphatic heterocycles. The second kappa shape index (κ2) is 7.15. The van der Waals surface area contributed by atoms with Gasteiger partial charge in [0.25, 0.3) is 0 Å². The average molecular weight is 423 g/mol. The van der Waals surface area contributed by atoms with Crippen molar-refractivity contribution in [2.24, 2.45) is 0 Å². The molecule has 0 amide bonds. The van der Waals surface area contributed by atoms with Crippen molar-refractivity contribution in [3.8, 4) is 11.4 Å². The molecule has 2 aromatic heterocycles. The number of aromatic nitrogens is 3. The van der Waals surface area contributed by atoms with Crippen LogP contribution in [0.5, 0.6) is 0 Å². The lowest BCUT2D eigenvalue weighted by Gasteiger charge is -2.12. The number of halogens is 3.